The molecule has 0 saturated carbocycles. The molecule has 1 aromatic rings. The first-order valence-corrected chi connectivity index (χ1v) is 5.84. The minimum atomic E-state index is -0.901. The summed E-state index contributed by atoms with van der Waals surface area (Å²) in [6.45, 7) is 8.23. The van der Waals surface area contributed by atoms with Crippen molar-refractivity contribution < 1.29 is 14.6 Å². The molecule has 1 rings (SSSR count). The van der Waals surface area contributed by atoms with E-state index in [9.17, 15) is 4.79 Å². The summed E-state index contributed by atoms with van der Waals surface area (Å²) < 4.78 is 5.34. The highest BCUT2D eigenvalue weighted by Crippen LogP contribution is 2.04. The number of carboxylic acid groups (broad SMARTS) is 1. The fourth-order valence-corrected chi connectivity index (χ4v) is 1.44. The van der Waals surface area contributed by atoms with Crippen LogP contribution in [0.2, 0.25) is 0 Å². The van der Waals surface area contributed by atoms with Gasteiger partial charge >= 0.3 is 5.97 Å². The van der Waals surface area contributed by atoms with Gasteiger partial charge in [-0.05, 0) is 24.6 Å². The Morgan fingerprint density at radius 3 is 2.94 bits per heavy atom. The van der Waals surface area contributed by atoms with Gasteiger partial charge in [-0.15, -0.1) is 0 Å². The molecule has 0 radical (unpaired) electrons. The fraction of sp³-hybridized carbons (Fsp3) is 0.357. The predicted octanol–water partition coefficient (Wildman–Crippen LogP) is 2.07. The Morgan fingerprint density at radius 1 is 1.50 bits per heavy atom. The average Bonchev–Trinajstić information content (AvgIpc) is 2.33. The molecule has 4 heteroatoms. The van der Waals surface area contributed by atoms with Crippen molar-refractivity contribution in [3.63, 3.8) is 0 Å². The lowest BCUT2D eigenvalue weighted by atomic mass is 10.1. The van der Waals surface area contributed by atoms with Crippen molar-refractivity contribution in [1.29, 1.82) is 0 Å². The van der Waals surface area contributed by atoms with Crippen LogP contribution in [-0.4, -0.2) is 30.8 Å². The average molecular weight is 249 g/mol. The molecule has 0 aliphatic carbocycles. The highest BCUT2D eigenvalue weighted by molar-refractivity contribution is 5.87. The van der Waals surface area contributed by atoms with E-state index in [1.807, 2.05) is 13.0 Å². The smallest absolute Gasteiger partial charge is 0.335 e. The maximum Gasteiger partial charge on any atom is 0.335 e. The molecule has 0 bridgehead atoms. The predicted molar refractivity (Wildman–Crippen MR) is 70.7 cm³/mol. The summed E-state index contributed by atoms with van der Waals surface area (Å²) in [5, 5.41) is 12.0. The Hall–Kier alpha value is -1.65. The van der Waals surface area contributed by atoms with E-state index in [1.165, 1.54) is 0 Å². The van der Waals surface area contributed by atoms with Crippen molar-refractivity contribution in [2.24, 2.45) is 0 Å². The molecular formula is C14H19NO3. The molecule has 0 saturated heterocycles. The second-order valence-electron chi connectivity index (χ2n) is 4.19. The Kier molecular flexibility index (Phi) is 6.11. The molecule has 98 valence electrons. The van der Waals surface area contributed by atoms with Gasteiger partial charge in [-0.1, -0.05) is 24.3 Å². The van der Waals surface area contributed by atoms with Gasteiger partial charge in [-0.25, -0.2) is 4.79 Å². The van der Waals surface area contributed by atoms with Crippen LogP contribution in [0, 0.1) is 0 Å². The molecule has 0 atom stereocenters. The van der Waals surface area contributed by atoms with Crippen molar-refractivity contribution >= 4 is 5.97 Å². The SMILES string of the molecule is C=C(C)COCCNCc1cccc(C(=O)O)c1. The van der Waals surface area contributed by atoms with Crippen LogP contribution in [0.3, 0.4) is 0 Å². The Bertz CT molecular complexity index is 415. The lowest BCUT2D eigenvalue weighted by molar-refractivity contribution is 0.0696. The topological polar surface area (TPSA) is 58.6 Å². The molecule has 0 spiro atoms. The monoisotopic (exact) mass is 249 g/mol. The maximum absolute atomic E-state index is 10.8. The third kappa shape index (κ3) is 5.61. The van der Waals surface area contributed by atoms with Crippen LogP contribution < -0.4 is 5.32 Å². The Labute approximate surface area is 107 Å². The number of carbonyl (C=O) groups is 1. The minimum absolute atomic E-state index is 0.313. The van der Waals surface area contributed by atoms with E-state index >= 15 is 0 Å². The quantitative estimate of drug-likeness (QED) is 0.547. The zero-order chi connectivity index (χ0) is 13.4. The van der Waals surface area contributed by atoms with Crippen molar-refractivity contribution in [2.45, 2.75) is 13.5 Å². The largest absolute Gasteiger partial charge is 0.478 e. The van der Waals surface area contributed by atoms with Gasteiger partial charge in [0.25, 0.3) is 0 Å². The molecule has 0 amide bonds. The highest BCUT2D eigenvalue weighted by atomic mass is 16.5. The van der Waals surface area contributed by atoms with E-state index in [2.05, 4.69) is 11.9 Å². The van der Waals surface area contributed by atoms with Crippen LogP contribution in [0.5, 0.6) is 0 Å². The summed E-state index contributed by atoms with van der Waals surface area (Å²) in [6, 6.07) is 6.90. The molecule has 4 nitrogen and oxygen atoms in total. The van der Waals surface area contributed by atoms with Crippen molar-refractivity contribution in [1.82, 2.24) is 5.32 Å². The normalized spacial score (nSPS) is 10.3. The summed E-state index contributed by atoms with van der Waals surface area (Å²) >= 11 is 0. The van der Waals surface area contributed by atoms with Gasteiger partial charge in [-0.3, -0.25) is 0 Å². The molecule has 0 aliphatic heterocycles. The van der Waals surface area contributed by atoms with Gasteiger partial charge in [0.1, 0.15) is 0 Å². The van der Waals surface area contributed by atoms with E-state index < -0.39 is 5.97 Å². The standard InChI is InChI=1S/C14H19NO3/c1-11(2)10-18-7-6-15-9-12-4-3-5-13(8-12)14(16)17/h3-5,8,15H,1,6-7,9-10H2,2H3,(H,16,17). The van der Waals surface area contributed by atoms with Gasteiger partial charge in [0.2, 0.25) is 0 Å². The summed E-state index contributed by atoms with van der Waals surface area (Å²) in [5.41, 5.74) is 2.27. The lowest BCUT2D eigenvalue weighted by Crippen LogP contribution is -2.19. The van der Waals surface area contributed by atoms with Gasteiger partial charge in [-0.2, -0.15) is 0 Å². The molecular weight excluding hydrogens is 230 g/mol. The number of hydrogen-bond acceptors (Lipinski definition) is 3. The van der Waals surface area contributed by atoms with Gasteiger partial charge in [0, 0.05) is 13.1 Å². The van der Waals surface area contributed by atoms with E-state index in [0.29, 0.717) is 25.3 Å². The number of carboxylic acids is 1. The van der Waals surface area contributed by atoms with Crippen molar-refractivity contribution in [2.75, 3.05) is 19.8 Å². The van der Waals surface area contributed by atoms with Crippen LogP contribution in [0.1, 0.15) is 22.8 Å². The molecule has 2 N–H and O–H groups in total. The zero-order valence-electron chi connectivity index (χ0n) is 10.6. The molecule has 18 heavy (non-hydrogen) atoms. The van der Waals surface area contributed by atoms with Crippen LogP contribution in [0.15, 0.2) is 36.4 Å². The molecule has 0 aliphatic rings. The molecule has 0 unspecified atom stereocenters. The number of ether oxygens (including phenoxy) is 1. The first-order chi connectivity index (χ1) is 8.59. The second-order valence-corrected chi connectivity index (χ2v) is 4.19. The summed E-state index contributed by atoms with van der Waals surface area (Å²) in [6.07, 6.45) is 0. The van der Waals surface area contributed by atoms with Crippen molar-refractivity contribution in [3.05, 3.63) is 47.5 Å². The van der Waals surface area contributed by atoms with Gasteiger partial charge in [0.15, 0.2) is 0 Å². The number of benzene rings is 1. The van der Waals surface area contributed by atoms with Crippen LogP contribution in [0.4, 0.5) is 0 Å². The lowest BCUT2D eigenvalue weighted by Gasteiger charge is -2.06. The van der Waals surface area contributed by atoms with E-state index in [0.717, 1.165) is 17.7 Å². The Morgan fingerprint density at radius 2 is 2.28 bits per heavy atom. The summed E-state index contributed by atoms with van der Waals surface area (Å²) in [7, 11) is 0. The van der Waals surface area contributed by atoms with Crippen LogP contribution in [0.25, 0.3) is 0 Å². The molecule has 1 aromatic carbocycles. The summed E-state index contributed by atoms with van der Waals surface area (Å²) in [5.74, 6) is -0.901. The highest BCUT2D eigenvalue weighted by Gasteiger charge is 2.02. The second kappa shape index (κ2) is 7.63. The van der Waals surface area contributed by atoms with E-state index in [-0.39, 0.29) is 0 Å². The fourth-order valence-electron chi connectivity index (χ4n) is 1.44. The van der Waals surface area contributed by atoms with E-state index in [1.54, 1.807) is 18.2 Å². The van der Waals surface area contributed by atoms with Crippen LogP contribution >= 0.6 is 0 Å². The number of nitrogens with one attached hydrogen (secondary N) is 1. The van der Waals surface area contributed by atoms with Crippen LogP contribution in [-0.2, 0) is 11.3 Å². The number of rotatable bonds is 8. The van der Waals surface area contributed by atoms with Gasteiger partial charge in [0.05, 0.1) is 18.8 Å². The minimum Gasteiger partial charge on any atom is -0.478 e. The van der Waals surface area contributed by atoms with Crippen molar-refractivity contribution in [3.8, 4) is 0 Å². The van der Waals surface area contributed by atoms with Gasteiger partial charge < -0.3 is 15.2 Å². The zero-order valence-corrected chi connectivity index (χ0v) is 10.6. The maximum atomic E-state index is 10.8. The Balaban J connectivity index is 2.25. The molecule has 0 fully saturated rings. The van der Waals surface area contributed by atoms with E-state index in [4.69, 9.17) is 9.84 Å². The number of aromatic carboxylic acids is 1. The molecule has 0 heterocycles. The first kappa shape index (κ1) is 14.4. The molecule has 0 aromatic heterocycles. The summed E-state index contributed by atoms with van der Waals surface area (Å²) in [4.78, 5) is 10.8. The third-order valence-corrected chi connectivity index (χ3v) is 2.27. The third-order valence-electron chi connectivity index (χ3n) is 2.27. The number of hydrogen-bond donors (Lipinski definition) is 2. The first-order valence-electron chi connectivity index (χ1n) is 5.84.